The zero-order valence-electron chi connectivity index (χ0n) is 12.1. The second kappa shape index (κ2) is 6.95. The Kier molecular flexibility index (Phi) is 5.26. The van der Waals surface area contributed by atoms with E-state index in [1.54, 1.807) is 7.11 Å². The van der Waals surface area contributed by atoms with E-state index < -0.39 is 0 Å². The van der Waals surface area contributed by atoms with E-state index in [1.165, 1.54) is 37.7 Å². The van der Waals surface area contributed by atoms with Crippen LogP contribution in [0.5, 0.6) is 5.75 Å². The van der Waals surface area contributed by atoms with Gasteiger partial charge in [-0.2, -0.15) is 0 Å². The Labute approximate surface area is 116 Å². The lowest BCUT2D eigenvalue weighted by Crippen LogP contribution is -2.29. The van der Waals surface area contributed by atoms with Crippen LogP contribution < -0.4 is 4.74 Å². The van der Waals surface area contributed by atoms with E-state index in [0.717, 1.165) is 12.2 Å². The fraction of sp³-hybridized carbons (Fsp3) is 0.647. The second-order valence-electron chi connectivity index (χ2n) is 5.68. The summed E-state index contributed by atoms with van der Waals surface area (Å²) >= 11 is 0. The number of aliphatic hydroxyl groups excluding tert-OH is 1. The first-order chi connectivity index (χ1) is 9.26. The number of benzene rings is 1. The van der Waals surface area contributed by atoms with E-state index in [9.17, 15) is 5.11 Å². The van der Waals surface area contributed by atoms with E-state index in [4.69, 9.17) is 4.74 Å². The summed E-state index contributed by atoms with van der Waals surface area (Å²) in [6.07, 6.45) is 7.06. The minimum absolute atomic E-state index is 0.196. The van der Waals surface area contributed by atoms with Gasteiger partial charge in [-0.1, -0.05) is 38.3 Å². The fourth-order valence-electron chi connectivity index (χ4n) is 3.33. The minimum atomic E-state index is -0.196. The molecule has 0 saturated heterocycles. The molecular weight excluding hydrogens is 236 g/mol. The zero-order valence-corrected chi connectivity index (χ0v) is 12.1. The van der Waals surface area contributed by atoms with Gasteiger partial charge < -0.3 is 9.84 Å². The molecule has 0 aromatic heterocycles. The van der Waals surface area contributed by atoms with Crippen molar-refractivity contribution in [1.29, 1.82) is 0 Å². The van der Waals surface area contributed by atoms with E-state index >= 15 is 0 Å². The molecule has 0 aliphatic heterocycles. The van der Waals surface area contributed by atoms with Crippen molar-refractivity contribution in [3.63, 3.8) is 0 Å². The molecule has 2 rings (SSSR count). The second-order valence-corrected chi connectivity index (χ2v) is 5.68. The van der Waals surface area contributed by atoms with Gasteiger partial charge in [-0.25, -0.2) is 0 Å². The molecule has 0 bridgehead atoms. The maximum Gasteiger partial charge on any atom is 0.118 e. The molecule has 19 heavy (non-hydrogen) atoms. The summed E-state index contributed by atoms with van der Waals surface area (Å²) in [5.41, 5.74) is 1.24. The Bertz CT molecular complexity index is 365. The lowest BCUT2D eigenvalue weighted by Gasteiger charge is -2.32. The van der Waals surface area contributed by atoms with Gasteiger partial charge in [0.05, 0.1) is 13.2 Å². The van der Waals surface area contributed by atoms with Crippen molar-refractivity contribution < 1.29 is 9.84 Å². The topological polar surface area (TPSA) is 29.5 Å². The van der Waals surface area contributed by atoms with Crippen LogP contribution in [0.1, 0.15) is 56.9 Å². The summed E-state index contributed by atoms with van der Waals surface area (Å²) in [7, 11) is 1.68. The predicted octanol–water partition coefficient (Wildman–Crippen LogP) is 4.13. The van der Waals surface area contributed by atoms with Crippen molar-refractivity contribution in [2.45, 2.75) is 57.5 Å². The first-order valence-electron chi connectivity index (χ1n) is 7.58. The monoisotopic (exact) mass is 262 g/mol. The minimum Gasteiger partial charge on any atom is -0.497 e. The van der Waals surface area contributed by atoms with Crippen molar-refractivity contribution in [3.8, 4) is 5.75 Å². The van der Waals surface area contributed by atoms with Gasteiger partial charge in [0.2, 0.25) is 0 Å². The highest BCUT2D eigenvalue weighted by Gasteiger charge is 2.28. The molecule has 0 spiro atoms. The maximum atomic E-state index is 10.7. The van der Waals surface area contributed by atoms with Crippen LogP contribution >= 0.6 is 0 Å². The number of methoxy groups -OCH3 is 1. The Morgan fingerprint density at radius 2 is 1.79 bits per heavy atom. The third kappa shape index (κ3) is 3.50. The molecule has 0 heterocycles. The van der Waals surface area contributed by atoms with Crippen molar-refractivity contribution in [2.75, 3.05) is 7.11 Å². The number of rotatable bonds is 5. The summed E-state index contributed by atoms with van der Waals surface area (Å²) in [5.74, 6) is 1.63. The van der Waals surface area contributed by atoms with Crippen molar-refractivity contribution in [2.24, 2.45) is 5.92 Å². The highest BCUT2D eigenvalue weighted by Crippen LogP contribution is 2.35. The molecular formula is C17H26O2. The number of aliphatic hydroxyl groups is 1. The van der Waals surface area contributed by atoms with Gasteiger partial charge in [-0.05, 0) is 42.9 Å². The van der Waals surface area contributed by atoms with Crippen LogP contribution in [0.3, 0.4) is 0 Å². The van der Waals surface area contributed by atoms with Crippen molar-refractivity contribution in [1.82, 2.24) is 0 Å². The molecule has 2 atom stereocenters. The fourth-order valence-corrected chi connectivity index (χ4v) is 3.33. The van der Waals surface area contributed by atoms with Gasteiger partial charge in [0.15, 0.2) is 0 Å². The molecule has 2 nitrogen and oxygen atoms in total. The molecule has 1 N–H and O–H groups in total. The quantitative estimate of drug-likeness (QED) is 0.864. The van der Waals surface area contributed by atoms with Crippen molar-refractivity contribution in [3.05, 3.63) is 29.8 Å². The van der Waals surface area contributed by atoms with Crippen LogP contribution in [0, 0.1) is 5.92 Å². The Balaban J connectivity index is 2.08. The third-order valence-electron chi connectivity index (χ3n) is 4.53. The largest absolute Gasteiger partial charge is 0.497 e. The first kappa shape index (κ1) is 14.4. The molecule has 0 amide bonds. The zero-order chi connectivity index (χ0) is 13.7. The third-order valence-corrected chi connectivity index (χ3v) is 4.53. The van der Waals surface area contributed by atoms with Crippen LogP contribution in [-0.2, 0) is 0 Å². The van der Waals surface area contributed by atoms with Gasteiger partial charge >= 0.3 is 0 Å². The van der Waals surface area contributed by atoms with Gasteiger partial charge in [0.25, 0.3) is 0 Å². The number of hydrogen-bond donors (Lipinski definition) is 1. The molecule has 1 aliphatic rings. The summed E-state index contributed by atoms with van der Waals surface area (Å²) in [6, 6.07) is 8.18. The van der Waals surface area contributed by atoms with Crippen LogP contribution in [-0.4, -0.2) is 18.3 Å². The molecule has 106 valence electrons. The lowest BCUT2D eigenvalue weighted by atomic mass is 9.77. The van der Waals surface area contributed by atoms with E-state index in [-0.39, 0.29) is 12.0 Å². The number of hydrogen-bond acceptors (Lipinski definition) is 2. The van der Waals surface area contributed by atoms with Crippen LogP contribution in [0.2, 0.25) is 0 Å². The Hall–Kier alpha value is -1.02. The van der Waals surface area contributed by atoms with Gasteiger partial charge in [0.1, 0.15) is 5.75 Å². The molecule has 1 aromatic rings. The van der Waals surface area contributed by atoms with E-state index in [1.807, 2.05) is 12.1 Å². The Morgan fingerprint density at radius 3 is 2.32 bits per heavy atom. The molecule has 2 unspecified atom stereocenters. The highest BCUT2D eigenvalue weighted by atomic mass is 16.5. The van der Waals surface area contributed by atoms with Gasteiger partial charge in [-0.3, -0.25) is 0 Å². The maximum absolute atomic E-state index is 10.7. The molecule has 0 radical (unpaired) electrons. The standard InChI is InChI=1S/C17H26O2/c1-3-16(13-9-11-15(19-2)12-10-13)17(18)14-7-5-4-6-8-14/h9-12,14,16-18H,3-8H2,1-2H3. The lowest BCUT2D eigenvalue weighted by molar-refractivity contribution is 0.0589. The summed E-state index contributed by atoms with van der Waals surface area (Å²) in [6.45, 7) is 2.17. The van der Waals surface area contributed by atoms with E-state index in [2.05, 4.69) is 19.1 Å². The van der Waals surface area contributed by atoms with Crippen LogP contribution in [0.15, 0.2) is 24.3 Å². The molecule has 1 fully saturated rings. The molecule has 2 heteroatoms. The van der Waals surface area contributed by atoms with Crippen molar-refractivity contribution >= 4 is 0 Å². The highest BCUT2D eigenvalue weighted by molar-refractivity contribution is 5.30. The average Bonchev–Trinajstić information content (AvgIpc) is 2.49. The smallest absolute Gasteiger partial charge is 0.118 e. The molecule has 1 saturated carbocycles. The Morgan fingerprint density at radius 1 is 1.16 bits per heavy atom. The molecule has 1 aliphatic carbocycles. The summed E-state index contributed by atoms with van der Waals surface area (Å²) in [4.78, 5) is 0. The summed E-state index contributed by atoms with van der Waals surface area (Å²) < 4.78 is 5.20. The van der Waals surface area contributed by atoms with Gasteiger partial charge in [-0.15, -0.1) is 0 Å². The normalized spacial score (nSPS) is 19.9. The molecule has 1 aromatic carbocycles. The number of ether oxygens (including phenoxy) is 1. The van der Waals surface area contributed by atoms with E-state index in [0.29, 0.717) is 5.92 Å². The predicted molar refractivity (Wildman–Crippen MR) is 78.6 cm³/mol. The summed E-state index contributed by atoms with van der Waals surface area (Å²) in [5, 5.41) is 10.7. The average molecular weight is 262 g/mol. The van der Waals surface area contributed by atoms with Crippen LogP contribution in [0.4, 0.5) is 0 Å². The van der Waals surface area contributed by atoms with Gasteiger partial charge in [0, 0.05) is 5.92 Å². The SMILES string of the molecule is CCC(c1ccc(OC)cc1)C(O)C1CCCCC1. The van der Waals surface area contributed by atoms with Crippen LogP contribution in [0.25, 0.3) is 0 Å². The first-order valence-corrected chi connectivity index (χ1v) is 7.58.